The number of hydrogen-bond donors (Lipinski definition) is 0. The maximum absolute atomic E-state index is 6.49. The molecule has 0 aliphatic heterocycles. The molecule has 0 aliphatic rings. The molecule has 0 atom stereocenters. The molecule has 0 saturated heterocycles. The zero-order valence-corrected chi connectivity index (χ0v) is 33.1. The molecule has 2 aromatic heterocycles. The Morgan fingerprint density at radius 2 is 0.672 bits per heavy atom. The Bertz CT molecular complexity index is 3310. The summed E-state index contributed by atoms with van der Waals surface area (Å²) in [5.41, 5.74) is 16.0. The molecule has 2 heterocycles. The highest BCUT2D eigenvalue weighted by Crippen LogP contribution is 2.40. The number of hydrogen-bond acceptors (Lipinski definition) is 4. The summed E-state index contributed by atoms with van der Waals surface area (Å²) < 4.78 is 6.49. The molecule has 286 valence electrons. The molecule has 11 aromatic rings. The highest BCUT2D eigenvalue weighted by Gasteiger charge is 2.19. The van der Waals surface area contributed by atoms with Crippen LogP contribution in [-0.2, 0) is 0 Å². The first-order chi connectivity index (χ1) is 30.2. The summed E-state index contributed by atoms with van der Waals surface area (Å²) in [4.78, 5) is 15.3. The van der Waals surface area contributed by atoms with Gasteiger partial charge in [0.1, 0.15) is 11.2 Å². The SMILES string of the molecule is c1ccc(-c2ccc(-c3nc(-c4ccccc4)nc(-c4cccc5oc6ccc(-c7ccc(-c8ccc(-c9ccccc9)cc8-c8ccccc8)cc7)cc6c45)n3)cc2)cc1. The molecular weight excluding hydrogens is 743 g/mol. The fourth-order valence-electron chi connectivity index (χ4n) is 8.28. The molecule has 0 bridgehead atoms. The second-order valence-electron chi connectivity index (χ2n) is 15.2. The van der Waals surface area contributed by atoms with Gasteiger partial charge in [0, 0.05) is 27.5 Å². The molecule has 0 aliphatic carbocycles. The van der Waals surface area contributed by atoms with Gasteiger partial charge in [-0.3, -0.25) is 0 Å². The number of nitrogens with zero attached hydrogens (tertiary/aromatic N) is 3. The van der Waals surface area contributed by atoms with Crippen LogP contribution in [0.2, 0.25) is 0 Å². The summed E-state index contributed by atoms with van der Waals surface area (Å²) in [5, 5.41) is 1.98. The van der Waals surface area contributed by atoms with Crippen LogP contribution in [0.4, 0.5) is 0 Å². The molecule has 0 radical (unpaired) electrons. The molecule has 9 aromatic carbocycles. The third-order valence-corrected chi connectivity index (χ3v) is 11.4. The minimum absolute atomic E-state index is 0.589. The van der Waals surface area contributed by atoms with E-state index in [0.717, 1.165) is 66.4 Å². The van der Waals surface area contributed by atoms with E-state index in [-0.39, 0.29) is 0 Å². The topological polar surface area (TPSA) is 51.8 Å². The first-order valence-electron chi connectivity index (χ1n) is 20.5. The van der Waals surface area contributed by atoms with E-state index in [0.29, 0.717) is 17.5 Å². The lowest BCUT2D eigenvalue weighted by Crippen LogP contribution is -2.00. The van der Waals surface area contributed by atoms with Gasteiger partial charge in [0.05, 0.1) is 0 Å². The van der Waals surface area contributed by atoms with E-state index in [4.69, 9.17) is 19.4 Å². The molecule has 0 unspecified atom stereocenters. The number of furan rings is 1. The van der Waals surface area contributed by atoms with E-state index in [1.54, 1.807) is 0 Å². The van der Waals surface area contributed by atoms with Gasteiger partial charge in [-0.05, 0) is 79.9 Å². The Hall–Kier alpha value is -8.21. The van der Waals surface area contributed by atoms with Crippen LogP contribution in [0.5, 0.6) is 0 Å². The minimum atomic E-state index is 0.589. The van der Waals surface area contributed by atoms with Gasteiger partial charge in [-0.2, -0.15) is 0 Å². The Balaban J connectivity index is 0.989. The van der Waals surface area contributed by atoms with Gasteiger partial charge < -0.3 is 4.42 Å². The van der Waals surface area contributed by atoms with Crippen molar-refractivity contribution in [3.05, 3.63) is 224 Å². The number of rotatable bonds is 8. The smallest absolute Gasteiger partial charge is 0.164 e. The van der Waals surface area contributed by atoms with Crippen molar-refractivity contribution in [2.24, 2.45) is 0 Å². The molecule has 4 nitrogen and oxygen atoms in total. The van der Waals surface area contributed by atoms with Gasteiger partial charge in [0.25, 0.3) is 0 Å². The Morgan fingerprint density at radius 1 is 0.246 bits per heavy atom. The second kappa shape index (κ2) is 15.5. The third-order valence-electron chi connectivity index (χ3n) is 11.4. The van der Waals surface area contributed by atoms with E-state index in [2.05, 4.69) is 176 Å². The van der Waals surface area contributed by atoms with Crippen LogP contribution in [0.1, 0.15) is 0 Å². The summed E-state index contributed by atoms with van der Waals surface area (Å²) in [6.07, 6.45) is 0. The molecule has 0 amide bonds. The zero-order valence-electron chi connectivity index (χ0n) is 33.1. The van der Waals surface area contributed by atoms with Crippen LogP contribution < -0.4 is 0 Å². The van der Waals surface area contributed by atoms with E-state index in [1.165, 1.54) is 27.8 Å². The molecule has 0 spiro atoms. The lowest BCUT2D eigenvalue weighted by Gasteiger charge is -2.14. The van der Waals surface area contributed by atoms with Crippen molar-refractivity contribution in [3.63, 3.8) is 0 Å². The van der Waals surface area contributed by atoms with Crippen molar-refractivity contribution < 1.29 is 4.42 Å². The maximum atomic E-state index is 6.49. The molecule has 0 fully saturated rings. The quantitative estimate of drug-likeness (QED) is 0.154. The third kappa shape index (κ3) is 6.96. The van der Waals surface area contributed by atoms with E-state index >= 15 is 0 Å². The average Bonchev–Trinajstić information content (AvgIpc) is 3.73. The highest BCUT2D eigenvalue weighted by molar-refractivity contribution is 6.12. The standard InChI is InChI=1S/C57H37N3O/c1-5-14-38(15-6-1)40-26-30-45(31-27-40)56-58-55(44-20-11-4-12-21-44)59-57(60-56)49-22-13-23-53-54(49)51-37-47(33-35-52(51)61-53)41-24-28-43(29-25-41)48-34-32-46(39-16-7-2-8-17-39)36-50(48)42-18-9-3-10-19-42/h1-37H. The molecule has 0 saturated carbocycles. The summed E-state index contributed by atoms with van der Waals surface area (Å²) in [5.74, 6) is 1.81. The van der Waals surface area contributed by atoms with Gasteiger partial charge in [0.15, 0.2) is 17.5 Å². The zero-order chi connectivity index (χ0) is 40.5. The Labute approximate surface area is 354 Å². The summed E-state index contributed by atoms with van der Waals surface area (Å²) in [6, 6.07) is 78.3. The lowest BCUT2D eigenvalue weighted by molar-refractivity contribution is 0.669. The van der Waals surface area contributed by atoms with Crippen LogP contribution in [0.15, 0.2) is 229 Å². The van der Waals surface area contributed by atoms with Crippen LogP contribution in [-0.4, -0.2) is 15.0 Å². The predicted molar refractivity (Wildman–Crippen MR) is 251 cm³/mol. The van der Waals surface area contributed by atoms with Crippen LogP contribution in [0.3, 0.4) is 0 Å². The van der Waals surface area contributed by atoms with Crippen LogP contribution >= 0.6 is 0 Å². The fraction of sp³-hybridized carbons (Fsp3) is 0. The van der Waals surface area contributed by atoms with E-state index in [9.17, 15) is 0 Å². The minimum Gasteiger partial charge on any atom is -0.456 e. The van der Waals surface area contributed by atoms with Crippen molar-refractivity contribution in [2.75, 3.05) is 0 Å². The molecule has 61 heavy (non-hydrogen) atoms. The summed E-state index contributed by atoms with van der Waals surface area (Å²) >= 11 is 0. The van der Waals surface area contributed by atoms with Crippen molar-refractivity contribution in [2.45, 2.75) is 0 Å². The van der Waals surface area contributed by atoms with E-state index < -0.39 is 0 Å². The number of aromatic nitrogens is 3. The summed E-state index contributed by atoms with van der Waals surface area (Å²) in [6.45, 7) is 0. The Morgan fingerprint density at radius 3 is 1.31 bits per heavy atom. The van der Waals surface area contributed by atoms with Crippen molar-refractivity contribution in [1.82, 2.24) is 15.0 Å². The highest BCUT2D eigenvalue weighted by atomic mass is 16.3. The normalized spacial score (nSPS) is 11.3. The van der Waals surface area contributed by atoms with Crippen molar-refractivity contribution in [1.29, 1.82) is 0 Å². The summed E-state index contributed by atoms with van der Waals surface area (Å²) in [7, 11) is 0. The predicted octanol–water partition coefficient (Wildman–Crippen LogP) is 15.1. The average molecular weight is 780 g/mol. The van der Waals surface area contributed by atoms with Gasteiger partial charge in [0.2, 0.25) is 0 Å². The first kappa shape index (κ1) is 35.9. The van der Waals surface area contributed by atoms with E-state index in [1.807, 2.05) is 48.5 Å². The number of benzene rings is 9. The number of fused-ring (bicyclic) bond motifs is 3. The largest absolute Gasteiger partial charge is 0.456 e. The molecule has 4 heteroatoms. The van der Waals surface area contributed by atoms with Crippen LogP contribution in [0, 0.1) is 0 Å². The second-order valence-corrected chi connectivity index (χ2v) is 15.2. The van der Waals surface area contributed by atoms with Gasteiger partial charge in [-0.15, -0.1) is 0 Å². The molecule has 0 N–H and O–H groups in total. The van der Waals surface area contributed by atoms with Crippen molar-refractivity contribution in [3.8, 4) is 89.8 Å². The monoisotopic (exact) mass is 779 g/mol. The van der Waals surface area contributed by atoms with Crippen molar-refractivity contribution >= 4 is 21.9 Å². The maximum Gasteiger partial charge on any atom is 0.164 e. The Kier molecular flexibility index (Phi) is 9.14. The molecule has 11 rings (SSSR count). The lowest BCUT2D eigenvalue weighted by atomic mass is 9.90. The van der Waals surface area contributed by atoms with Gasteiger partial charge in [-0.25, -0.2) is 15.0 Å². The van der Waals surface area contributed by atoms with Crippen LogP contribution in [0.25, 0.3) is 112 Å². The van der Waals surface area contributed by atoms with Gasteiger partial charge in [-0.1, -0.05) is 200 Å². The fourth-order valence-corrected chi connectivity index (χ4v) is 8.28. The van der Waals surface area contributed by atoms with Gasteiger partial charge >= 0.3 is 0 Å². The molecular formula is C57H37N3O. The first-order valence-corrected chi connectivity index (χ1v) is 20.5.